The number of benzene rings is 2. The molecular weight excluding hydrogens is 362 g/mol. The van der Waals surface area contributed by atoms with E-state index in [1.54, 1.807) is 11.6 Å². The van der Waals surface area contributed by atoms with E-state index < -0.39 is 5.92 Å². The van der Waals surface area contributed by atoms with Crippen molar-refractivity contribution in [2.75, 3.05) is 7.11 Å². The van der Waals surface area contributed by atoms with E-state index in [4.69, 9.17) is 4.74 Å². The van der Waals surface area contributed by atoms with Crippen LogP contribution in [0.2, 0.25) is 0 Å². The fraction of sp³-hybridized carbons (Fsp3) is 0.360. The Kier molecular flexibility index (Phi) is 5.92. The van der Waals surface area contributed by atoms with Crippen molar-refractivity contribution in [3.8, 4) is 11.1 Å². The van der Waals surface area contributed by atoms with Gasteiger partial charge in [-0.15, -0.1) is 0 Å². The molecule has 0 saturated heterocycles. The Bertz CT molecular complexity index is 1120. The van der Waals surface area contributed by atoms with Gasteiger partial charge in [0, 0.05) is 23.7 Å². The van der Waals surface area contributed by atoms with Gasteiger partial charge in [-0.05, 0) is 48.8 Å². The zero-order valence-corrected chi connectivity index (χ0v) is 18.1. The predicted octanol–water partition coefficient (Wildman–Crippen LogP) is 5.13. The van der Waals surface area contributed by atoms with Gasteiger partial charge in [0.1, 0.15) is 0 Å². The third-order valence-corrected chi connectivity index (χ3v) is 5.52. The highest BCUT2D eigenvalue weighted by atomic mass is 16.5. The number of hydrogen-bond acceptors (Lipinski definition) is 3. The molecule has 0 saturated carbocycles. The fourth-order valence-corrected chi connectivity index (χ4v) is 4.20. The van der Waals surface area contributed by atoms with Crippen molar-refractivity contribution in [1.29, 1.82) is 0 Å². The Labute approximate surface area is 172 Å². The predicted molar refractivity (Wildman–Crippen MR) is 118 cm³/mol. The van der Waals surface area contributed by atoms with Gasteiger partial charge >= 0.3 is 5.97 Å². The molecule has 1 heterocycles. The molecule has 152 valence electrons. The van der Waals surface area contributed by atoms with Crippen molar-refractivity contribution >= 4 is 16.7 Å². The van der Waals surface area contributed by atoms with Crippen LogP contribution in [0.5, 0.6) is 0 Å². The number of pyridine rings is 1. The molecule has 4 heteroatoms. The van der Waals surface area contributed by atoms with Crippen LogP contribution in [-0.4, -0.2) is 17.6 Å². The highest BCUT2D eigenvalue weighted by Gasteiger charge is 2.30. The summed E-state index contributed by atoms with van der Waals surface area (Å²) in [5, 5.41) is 1.53. The summed E-state index contributed by atoms with van der Waals surface area (Å²) in [6.07, 6.45) is 0.607. The number of rotatable bonds is 5. The molecule has 3 aromatic rings. The first-order valence-electron chi connectivity index (χ1n) is 10.0. The maximum atomic E-state index is 13.2. The number of esters is 1. The third-order valence-electron chi connectivity index (χ3n) is 5.52. The minimum absolute atomic E-state index is 0.0956. The molecule has 29 heavy (non-hydrogen) atoms. The molecule has 0 aliphatic heterocycles. The van der Waals surface area contributed by atoms with E-state index in [2.05, 4.69) is 45.9 Å². The summed E-state index contributed by atoms with van der Waals surface area (Å²) in [5.74, 6) is -0.555. The number of fused-ring (bicyclic) bond motifs is 1. The van der Waals surface area contributed by atoms with Crippen LogP contribution in [-0.2, 0) is 16.6 Å². The Balaban J connectivity index is 2.50. The van der Waals surface area contributed by atoms with Gasteiger partial charge in [-0.1, -0.05) is 55.8 Å². The minimum atomic E-state index is -0.516. The zero-order chi connectivity index (χ0) is 21.3. The molecule has 0 bridgehead atoms. The number of aryl methyl sites for hydroxylation is 2. The van der Waals surface area contributed by atoms with E-state index >= 15 is 0 Å². The molecular formula is C25H29NO3. The molecule has 2 aromatic carbocycles. The molecule has 0 aliphatic carbocycles. The van der Waals surface area contributed by atoms with Gasteiger partial charge in [-0.3, -0.25) is 9.59 Å². The van der Waals surface area contributed by atoms with Gasteiger partial charge in [0.2, 0.25) is 0 Å². The second kappa shape index (κ2) is 8.24. The van der Waals surface area contributed by atoms with Gasteiger partial charge in [0.25, 0.3) is 5.56 Å². The second-order valence-electron chi connectivity index (χ2n) is 8.19. The smallest absolute Gasteiger partial charge is 0.314 e. The van der Waals surface area contributed by atoms with Crippen LogP contribution in [0.3, 0.4) is 0 Å². The van der Waals surface area contributed by atoms with E-state index in [0.29, 0.717) is 11.8 Å². The summed E-state index contributed by atoms with van der Waals surface area (Å²) in [6, 6.07) is 13.9. The molecule has 0 radical (unpaired) electrons. The summed E-state index contributed by atoms with van der Waals surface area (Å²) in [7, 11) is 3.17. The monoisotopic (exact) mass is 391 g/mol. The molecule has 4 nitrogen and oxygen atoms in total. The highest BCUT2D eigenvalue weighted by molar-refractivity contribution is 5.99. The van der Waals surface area contributed by atoms with Crippen molar-refractivity contribution < 1.29 is 9.53 Å². The standard InChI is InChI=1S/C25H29NO3/c1-15(2)13-21(25(28)29-6)23-22(18-12-11-16(3)14-17(18)4)19-9-7-8-10-20(19)24(27)26(23)5/h7-12,14-15,21H,13H2,1-6H3. The van der Waals surface area contributed by atoms with Crippen LogP contribution in [0.15, 0.2) is 47.3 Å². The van der Waals surface area contributed by atoms with Crippen LogP contribution >= 0.6 is 0 Å². The van der Waals surface area contributed by atoms with E-state index in [-0.39, 0.29) is 17.4 Å². The first-order valence-corrected chi connectivity index (χ1v) is 10.0. The first kappa shape index (κ1) is 20.8. The molecule has 0 fully saturated rings. The first-order chi connectivity index (χ1) is 13.8. The van der Waals surface area contributed by atoms with Crippen LogP contribution in [0, 0.1) is 19.8 Å². The van der Waals surface area contributed by atoms with E-state index in [1.165, 1.54) is 12.7 Å². The lowest BCUT2D eigenvalue weighted by atomic mass is 9.85. The van der Waals surface area contributed by atoms with Gasteiger partial charge in [-0.2, -0.15) is 0 Å². The Hall–Kier alpha value is -2.88. The largest absolute Gasteiger partial charge is 0.469 e. The number of aromatic nitrogens is 1. The number of nitrogens with zero attached hydrogens (tertiary/aromatic N) is 1. The summed E-state index contributed by atoms with van der Waals surface area (Å²) in [6.45, 7) is 8.28. The summed E-state index contributed by atoms with van der Waals surface area (Å²) in [4.78, 5) is 26.0. The number of methoxy groups -OCH3 is 1. The van der Waals surface area contributed by atoms with Gasteiger partial charge in [-0.25, -0.2) is 0 Å². The van der Waals surface area contributed by atoms with Gasteiger partial charge < -0.3 is 9.30 Å². The molecule has 1 unspecified atom stereocenters. The molecule has 0 amide bonds. The Morgan fingerprint density at radius 3 is 2.31 bits per heavy atom. The van der Waals surface area contributed by atoms with E-state index in [0.717, 1.165) is 27.8 Å². The van der Waals surface area contributed by atoms with Gasteiger partial charge in [0.15, 0.2) is 0 Å². The number of ether oxygens (including phenoxy) is 1. The van der Waals surface area contributed by atoms with Crippen molar-refractivity contribution in [3.05, 3.63) is 69.6 Å². The van der Waals surface area contributed by atoms with Crippen molar-refractivity contribution in [2.24, 2.45) is 13.0 Å². The van der Waals surface area contributed by atoms with Crippen LogP contribution in [0.1, 0.15) is 43.0 Å². The number of carbonyl (C=O) groups excluding carboxylic acids is 1. The third kappa shape index (κ3) is 3.84. The molecule has 1 atom stereocenters. The maximum absolute atomic E-state index is 13.2. The summed E-state index contributed by atoms with van der Waals surface area (Å²) in [5.41, 5.74) is 4.89. The molecule has 1 aromatic heterocycles. The topological polar surface area (TPSA) is 48.3 Å². The fourth-order valence-electron chi connectivity index (χ4n) is 4.20. The van der Waals surface area contributed by atoms with Crippen molar-refractivity contribution in [1.82, 2.24) is 4.57 Å². The SMILES string of the molecule is COC(=O)C(CC(C)C)c1c(-c2ccc(C)cc2C)c2ccccc2c(=O)n1C. The minimum Gasteiger partial charge on any atom is -0.469 e. The summed E-state index contributed by atoms with van der Waals surface area (Å²) < 4.78 is 6.80. The second-order valence-corrected chi connectivity index (χ2v) is 8.19. The van der Waals surface area contributed by atoms with Crippen molar-refractivity contribution in [2.45, 2.75) is 40.0 Å². The Morgan fingerprint density at radius 1 is 1.07 bits per heavy atom. The van der Waals surface area contributed by atoms with Crippen LogP contribution < -0.4 is 5.56 Å². The van der Waals surface area contributed by atoms with Crippen LogP contribution in [0.4, 0.5) is 0 Å². The lowest BCUT2D eigenvalue weighted by Crippen LogP contribution is -2.28. The number of hydrogen-bond donors (Lipinski definition) is 0. The van der Waals surface area contributed by atoms with Crippen molar-refractivity contribution in [3.63, 3.8) is 0 Å². The Morgan fingerprint density at radius 2 is 1.72 bits per heavy atom. The quantitative estimate of drug-likeness (QED) is 0.567. The molecule has 0 N–H and O–H groups in total. The average molecular weight is 392 g/mol. The molecule has 0 spiro atoms. The van der Waals surface area contributed by atoms with E-state index in [1.807, 2.05) is 24.3 Å². The normalized spacial score (nSPS) is 12.4. The summed E-state index contributed by atoms with van der Waals surface area (Å²) >= 11 is 0. The molecule has 0 aliphatic rings. The molecule has 3 rings (SSSR count). The maximum Gasteiger partial charge on any atom is 0.314 e. The van der Waals surface area contributed by atoms with Gasteiger partial charge in [0.05, 0.1) is 13.0 Å². The highest BCUT2D eigenvalue weighted by Crippen LogP contribution is 2.38. The lowest BCUT2D eigenvalue weighted by Gasteiger charge is -2.25. The average Bonchev–Trinajstić information content (AvgIpc) is 2.69. The zero-order valence-electron chi connectivity index (χ0n) is 18.1. The van der Waals surface area contributed by atoms with E-state index in [9.17, 15) is 9.59 Å². The number of carbonyl (C=O) groups is 1. The van der Waals surface area contributed by atoms with Crippen LogP contribution in [0.25, 0.3) is 21.9 Å². The lowest BCUT2D eigenvalue weighted by molar-refractivity contribution is -0.143.